The molecule has 1 fully saturated rings. The molecular formula is C15H25N3O3+. The van der Waals surface area contributed by atoms with E-state index in [4.69, 9.17) is 4.74 Å². The van der Waals surface area contributed by atoms with Crippen molar-refractivity contribution in [3.63, 3.8) is 0 Å². The van der Waals surface area contributed by atoms with E-state index in [0.717, 1.165) is 5.06 Å². The topological polar surface area (TPSA) is 58.2 Å². The number of esters is 1. The number of hydrogen-bond acceptors (Lipinski definition) is 3. The van der Waals surface area contributed by atoms with Crippen LogP contribution in [0.5, 0.6) is 0 Å². The van der Waals surface area contributed by atoms with E-state index in [9.17, 15) is 10.0 Å². The summed E-state index contributed by atoms with van der Waals surface area (Å²) in [4.78, 5) is 12.0. The van der Waals surface area contributed by atoms with Crippen molar-refractivity contribution < 1.29 is 19.3 Å². The molecule has 0 spiro atoms. The predicted molar refractivity (Wildman–Crippen MR) is 75.4 cm³/mol. The molecule has 1 radical (unpaired) electrons. The Morgan fingerprint density at radius 2 is 1.86 bits per heavy atom. The number of ether oxygens (including phenoxy) is 1. The fourth-order valence-corrected chi connectivity index (χ4v) is 3.22. The Labute approximate surface area is 125 Å². The summed E-state index contributed by atoms with van der Waals surface area (Å²) < 4.78 is 9.24. The van der Waals surface area contributed by atoms with Crippen molar-refractivity contribution >= 4 is 5.97 Å². The van der Waals surface area contributed by atoms with E-state index in [2.05, 4.69) is 0 Å². The number of rotatable bonds is 3. The maximum atomic E-state index is 12.3. The Bertz CT molecular complexity index is 504. The lowest BCUT2D eigenvalue weighted by Gasteiger charge is -2.49. The summed E-state index contributed by atoms with van der Waals surface area (Å²) in [6.07, 6.45) is 6.44. The first-order valence-corrected chi connectivity index (χ1v) is 7.28. The first-order chi connectivity index (χ1) is 9.60. The second-order valence-electron chi connectivity index (χ2n) is 7.19. The number of nitrogens with zero attached hydrogens (tertiary/aromatic N) is 3. The van der Waals surface area contributed by atoms with Crippen molar-refractivity contribution in [1.82, 2.24) is 9.63 Å². The molecule has 0 aromatic carbocycles. The summed E-state index contributed by atoms with van der Waals surface area (Å²) in [5.41, 5.74) is -1.04. The lowest BCUT2D eigenvalue weighted by molar-refractivity contribution is -0.671. The SMILES string of the molecule is C[n+]1ccn(CC(=O)OC2CC(C)(C)N([O])C(C)(C)C2)c1. The number of aromatic nitrogens is 2. The molecule has 2 heterocycles. The van der Waals surface area contributed by atoms with Gasteiger partial charge in [-0.05, 0) is 27.7 Å². The van der Waals surface area contributed by atoms with Crippen LogP contribution in [0.15, 0.2) is 18.7 Å². The molecule has 0 saturated carbocycles. The van der Waals surface area contributed by atoms with Crippen molar-refractivity contribution in [2.45, 2.75) is 64.3 Å². The molecule has 1 aliphatic heterocycles. The first-order valence-electron chi connectivity index (χ1n) is 7.28. The fourth-order valence-electron chi connectivity index (χ4n) is 3.22. The molecule has 0 amide bonds. The molecule has 6 heteroatoms. The third-order valence-corrected chi connectivity index (χ3v) is 3.99. The minimum absolute atomic E-state index is 0.194. The maximum absolute atomic E-state index is 12.3. The molecule has 117 valence electrons. The van der Waals surface area contributed by atoms with Crippen molar-refractivity contribution in [3.05, 3.63) is 18.7 Å². The number of hydrogen-bond donors (Lipinski definition) is 0. The highest BCUT2D eigenvalue weighted by Crippen LogP contribution is 2.38. The van der Waals surface area contributed by atoms with Crippen molar-refractivity contribution in [1.29, 1.82) is 0 Å². The highest BCUT2D eigenvalue weighted by atomic mass is 16.5. The third kappa shape index (κ3) is 3.63. The minimum Gasteiger partial charge on any atom is -0.459 e. The average molecular weight is 295 g/mol. The standard InChI is InChI=1S/C15H25N3O3/c1-14(2)8-12(9-15(3,4)18(14)20)21-13(19)10-17-7-6-16(5)11-17/h6-7,11-12H,8-10H2,1-5H3/q+1. The molecule has 1 aromatic rings. The molecule has 1 aromatic heterocycles. The zero-order valence-corrected chi connectivity index (χ0v) is 13.5. The second-order valence-corrected chi connectivity index (χ2v) is 7.19. The quantitative estimate of drug-likeness (QED) is 0.622. The Morgan fingerprint density at radius 1 is 1.29 bits per heavy atom. The second kappa shape index (κ2) is 5.42. The molecule has 0 aliphatic carbocycles. The van der Waals surface area contributed by atoms with Gasteiger partial charge in [0.1, 0.15) is 18.5 Å². The summed E-state index contributed by atoms with van der Waals surface area (Å²) in [7, 11) is 1.90. The molecule has 6 nitrogen and oxygen atoms in total. The van der Waals surface area contributed by atoms with Crippen LogP contribution in [-0.4, -0.2) is 32.8 Å². The van der Waals surface area contributed by atoms with E-state index in [1.54, 1.807) is 4.57 Å². The van der Waals surface area contributed by atoms with Crippen LogP contribution in [0, 0.1) is 0 Å². The van der Waals surface area contributed by atoms with E-state index >= 15 is 0 Å². The Kier molecular flexibility index (Phi) is 4.13. The minimum atomic E-state index is -0.521. The first kappa shape index (κ1) is 16.0. The number of carbonyl (C=O) groups excluding carboxylic acids is 1. The van der Waals surface area contributed by atoms with Crippen molar-refractivity contribution in [2.75, 3.05) is 0 Å². The largest absolute Gasteiger partial charge is 0.459 e. The van der Waals surface area contributed by atoms with E-state index in [-0.39, 0.29) is 18.6 Å². The van der Waals surface area contributed by atoms with E-state index in [1.165, 1.54) is 0 Å². The van der Waals surface area contributed by atoms with E-state index < -0.39 is 11.1 Å². The average Bonchev–Trinajstić information content (AvgIpc) is 2.70. The smallest absolute Gasteiger partial charge is 0.348 e. The van der Waals surface area contributed by atoms with Gasteiger partial charge in [0.25, 0.3) is 0 Å². The molecule has 0 N–H and O–H groups in total. The van der Waals surface area contributed by atoms with Crippen LogP contribution < -0.4 is 4.57 Å². The van der Waals surface area contributed by atoms with Gasteiger partial charge >= 0.3 is 5.97 Å². The number of hydroxylamine groups is 2. The van der Waals surface area contributed by atoms with E-state index in [1.807, 2.05) is 58.0 Å². The molecule has 1 saturated heterocycles. The van der Waals surface area contributed by atoms with Gasteiger partial charge in [-0.25, -0.2) is 13.9 Å². The maximum Gasteiger partial charge on any atom is 0.348 e. The van der Waals surface area contributed by atoms with Gasteiger partial charge in [0.05, 0.1) is 7.05 Å². The van der Waals surface area contributed by atoms with Gasteiger partial charge in [-0.2, -0.15) is 0 Å². The Hall–Kier alpha value is -1.40. The van der Waals surface area contributed by atoms with Gasteiger partial charge in [0, 0.05) is 23.9 Å². The lowest BCUT2D eigenvalue weighted by Crippen LogP contribution is -2.60. The summed E-state index contributed by atoms with van der Waals surface area (Å²) in [5.74, 6) is -0.262. The molecule has 2 rings (SSSR count). The van der Waals surface area contributed by atoms with Crippen LogP contribution in [0.1, 0.15) is 40.5 Å². The van der Waals surface area contributed by atoms with Crippen LogP contribution in [0.2, 0.25) is 0 Å². The van der Waals surface area contributed by atoms with Crippen LogP contribution in [0.25, 0.3) is 0 Å². The molecule has 1 aliphatic rings. The third-order valence-electron chi connectivity index (χ3n) is 3.99. The monoisotopic (exact) mass is 295 g/mol. The number of imidazole rings is 1. The molecule has 0 atom stereocenters. The van der Waals surface area contributed by atoms with Crippen LogP contribution in [-0.2, 0) is 28.3 Å². The summed E-state index contributed by atoms with van der Waals surface area (Å²) in [6, 6.07) is 0. The number of carbonyl (C=O) groups is 1. The highest BCUT2D eigenvalue weighted by molar-refractivity contribution is 5.69. The summed E-state index contributed by atoms with van der Waals surface area (Å²) >= 11 is 0. The van der Waals surface area contributed by atoms with Crippen LogP contribution >= 0.6 is 0 Å². The Balaban J connectivity index is 1.98. The lowest BCUT2D eigenvalue weighted by atomic mass is 9.80. The van der Waals surface area contributed by atoms with Crippen LogP contribution in [0.4, 0.5) is 0 Å². The highest BCUT2D eigenvalue weighted by Gasteiger charge is 2.47. The van der Waals surface area contributed by atoms with Crippen molar-refractivity contribution in [2.24, 2.45) is 7.05 Å². The van der Waals surface area contributed by atoms with Gasteiger partial charge in [-0.3, -0.25) is 0 Å². The summed E-state index contributed by atoms with van der Waals surface area (Å²) in [6.45, 7) is 7.78. The van der Waals surface area contributed by atoms with Crippen LogP contribution in [0.3, 0.4) is 0 Å². The molecular weight excluding hydrogens is 270 g/mol. The van der Waals surface area contributed by atoms with Gasteiger partial charge in [-0.15, -0.1) is 10.3 Å². The zero-order chi connectivity index (χ0) is 15.8. The molecule has 0 bridgehead atoms. The molecule has 0 unspecified atom stereocenters. The fraction of sp³-hybridized carbons (Fsp3) is 0.733. The van der Waals surface area contributed by atoms with Gasteiger partial charge in [0.15, 0.2) is 6.54 Å². The predicted octanol–water partition coefficient (Wildman–Crippen LogP) is 1.22. The molecule has 21 heavy (non-hydrogen) atoms. The van der Waals surface area contributed by atoms with Gasteiger partial charge in [0.2, 0.25) is 6.33 Å². The number of piperidine rings is 1. The normalized spacial score (nSPS) is 22.2. The van der Waals surface area contributed by atoms with Gasteiger partial charge in [-0.1, -0.05) is 0 Å². The van der Waals surface area contributed by atoms with Crippen molar-refractivity contribution in [3.8, 4) is 0 Å². The zero-order valence-electron chi connectivity index (χ0n) is 13.5. The summed E-state index contributed by atoms with van der Waals surface area (Å²) in [5, 5.41) is 13.4. The van der Waals surface area contributed by atoms with Gasteiger partial charge < -0.3 is 4.74 Å². The number of aryl methyl sites for hydroxylation is 1. The Morgan fingerprint density at radius 3 is 2.33 bits per heavy atom. The van der Waals surface area contributed by atoms with E-state index in [0.29, 0.717) is 12.8 Å².